The minimum atomic E-state index is -1.03. The van der Waals surface area contributed by atoms with Gasteiger partial charge in [-0.05, 0) is 41.3 Å². The molecule has 0 spiro atoms. The van der Waals surface area contributed by atoms with Crippen molar-refractivity contribution in [3.63, 3.8) is 0 Å². The highest BCUT2D eigenvalue weighted by Gasteiger charge is 2.42. The number of nitrogens with zero attached hydrogens (tertiary/aromatic N) is 3. The number of benzene rings is 2. The van der Waals surface area contributed by atoms with E-state index in [1.54, 1.807) is 18.2 Å². The number of amides is 1. The van der Waals surface area contributed by atoms with E-state index in [4.69, 9.17) is 23.2 Å². The standard InChI is InChI=1S/C19H12Cl2N4O6/c20-10-1-2-11(13(21)7-10)12-3-8(4-14-17(12)19(27)23-22-14)9-5-15(24(28)29)18(26)16(6-9)25(30)31/h1-2,4-7,12,17,26H,3H2,(H,23,27). The van der Waals surface area contributed by atoms with Crippen molar-refractivity contribution in [2.24, 2.45) is 11.0 Å². The Morgan fingerprint density at radius 1 is 1.10 bits per heavy atom. The summed E-state index contributed by atoms with van der Waals surface area (Å²) in [5.41, 5.74) is 2.44. The molecule has 2 aliphatic rings. The van der Waals surface area contributed by atoms with Crippen molar-refractivity contribution < 1.29 is 19.7 Å². The molecular formula is C19H12Cl2N4O6. The average molecular weight is 463 g/mol. The number of nitrogens with one attached hydrogen (secondary N) is 1. The fraction of sp³-hybridized carbons (Fsp3) is 0.158. The van der Waals surface area contributed by atoms with Crippen LogP contribution in [-0.2, 0) is 4.79 Å². The molecule has 158 valence electrons. The van der Waals surface area contributed by atoms with Gasteiger partial charge in [0, 0.05) is 28.1 Å². The predicted molar refractivity (Wildman–Crippen MR) is 112 cm³/mol. The number of nitro benzene ring substituents is 2. The van der Waals surface area contributed by atoms with E-state index in [0.717, 1.165) is 12.1 Å². The van der Waals surface area contributed by atoms with E-state index in [-0.39, 0.29) is 17.9 Å². The van der Waals surface area contributed by atoms with Crippen LogP contribution in [0.1, 0.15) is 23.5 Å². The van der Waals surface area contributed by atoms with Crippen LogP contribution in [0.15, 0.2) is 41.5 Å². The lowest BCUT2D eigenvalue weighted by Crippen LogP contribution is -2.31. The number of aromatic hydroxyl groups is 1. The van der Waals surface area contributed by atoms with Gasteiger partial charge in [-0.1, -0.05) is 29.3 Å². The molecule has 0 radical (unpaired) electrons. The second-order valence-electron chi connectivity index (χ2n) is 7.01. The van der Waals surface area contributed by atoms with E-state index in [0.29, 0.717) is 26.9 Å². The third-order valence-electron chi connectivity index (χ3n) is 5.26. The third-order valence-corrected chi connectivity index (χ3v) is 5.82. The van der Waals surface area contributed by atoms with Crippen molar-refractivity contribution in [1.82, 2.24) is 5.43 Å². The molecule has 0 saturated heterocycles. The summed E-state index contributed by atoms with van der Waals surface area (Å²) >= 11 is 12.3. The topological polar surface area (TPSA) is 148 Å². The molecule has 4 rings (SSSR count). The van der Waals surface area contributed by atoms with Crippen molar-refractivity contribution in [2.45, 2.75) is 12.3 Å². The van der Waals surface area contributed by atoms with Crippen LogP contribution in [0.25, 0.3) is 5.57 Å². The summed E-state index contributed by atoms with van der Waals surface area (Å²) < 4.78 is 0. The number of carbonyl (C=O) groups is 1. The van der Waals surface area contributed by atoms with Gasteiger partial charge in [-0.15, -0.1) is 0 Å². The molecule has 1 aliphatic carbocycles. The largest absolute Gasteiger partial charge is 0.497 e. The molecule has 0 fully saturated rings. The van der Waals surface area contributed by atoms with Gasteiger partial charge in [0.1, 0.15) is 0 Å². The van der Waals surface area contributed by atoms with E-state index in [2.05, 4.69) is 10.5 Å². The summed E-state index contributed by atoms with van der Waals surface area (Å²) in [6.45, 7) is 0. The van der Waals surface area contributed by atoms with Crippen LogP contribution in [0.4, 0.5) is 11.4 Å². The molecule has 12 heteroatoms. The van der Waals surface area contributed by atoms with Crippen molar-refractivity contribution in [2.75, 3.05) is 0 Å². The Kier molecular flexibility index (Phi) is 5.11. The molecule has 0 bridgehead atoms. The number of fused-ring (bicyclic) bond motifs is 1. The number of nitro groups is 2. The Morgan fingerprint density at radius 3 is 2.32 bits per heavy atom. The van der Waals surface area contributed by atoms with Crippen LogP contribution in [0.3, 0.4) is 0 Å². The van der Waals surface area contributed by atoms with Crippen LogP contribution < -0.4 is 5.43 Å². The number of halogens is 2. The molecule has 1 heterocycles. The average Bonchev–Trinajstić information content (AvgIpc) is 3.08. The first-order valence-electron chi connectivity index (χ1n) is 8.86. The van der Waals surface area contributed by atoms with Crippen LogP contribution in [0.2, 0.25) is 10.0 Å². The second kappa shape index (κ2) is 7.64. The monoisotopic (exact) mass is 462 g/mol. The van der Waals surface area contributed by atoms with Gasteiger partial charge in [0.2, 0.25) is 5.91 Å². The van der Waals surface area contributed by atoms with Crippen LogP contribution in [0, 0.1) is 26.1 Å². The quantitative estimate of drug-likeness (QED) is 0.513. The molecule has 2 aromatic carbocycles. The molecule has 31 heavy (non-hydrogen) atoms. The molecule has 2 N–H and O–H groups in total. The maximum absolute atomic E-state index is 12.4. The fourth-order valence-electron chi connectivity index (χ4n) is 3.86. The van der Waals surface area contributed by atoms with Gasteiger partial charge < -0.3 is 5.11 Å². The highest BCUT2D eigenvalue weighted by molar-refractivity contribution is 6.35. The van der Waals surface area contributed by atoms with E-state index >= 15 is 0 Å². The molecule has 0 aromatic heterocycles. The first-order valence-corrected chi connectivity index (χ1v) is 9.62. The molecule has 2 atom stereocenters. The summed E-state index contributed by atoms with van der Waals surface area (Å²) in [7, 11) is 0. The van der Waals surface area contributed by atoms with E-state index in [1.165, 1.54) is 6.07 Å². The van der Waals surface area contributed by atoms with Crippen LogP contribution in [0.5, 0.6) is 5.75 Å². The van der Waals surface area contributed by atoms with Gasteiger partial charge in [0.25, 0.3) is 5.75 Å². The molecular weight excluding hydrogens is 451 g/mol. The molecule has 1 amide bonds. The van der Waals surface area contributed by atoms with E-state index in [1.807, 2.05) is 0 Å². The fourth-order valence-corrected chi connectivity index (χ4v) is 4.41. The third kappa shape index (κ3) is 3.60. The summed E-state index contributed by atoms with van der Waals surface area (Å²) in [4.78, 5) is 33.2. The molecule has 2 unspecified atom stereocenters. The van der Waals surface area contributed by atoms with Crippen molar-refractivity contribution in [3.05, 3.63) is 77.8 Å². The van der Waals surface area contributed by atoms with Gasteiger partial charge in [-0.3, -0.25) is 25.0 Å². The first-order chi connectivity index (χ1) is 14.7. The minimum Gasteiger partial charge on any atom is -0.497 e. The van der Waals surface area contributed by atoms with Gasteiger partial charge in [-0.2, -0.15) is 5.10 Å². The zero-order chi connectivity index (χ0) is 22.4. The molecule has 0 saturated carbocycles. The maximum atomic E-state index is 12.4. The predicted octanol–water partition coefficient (Wildman–Crippen LogP) is 4.19. The Morgan fingerprint density at radius 2 is 1.74 bits per heavy atom. The number of phenolic OH excluding ortho intramolecular Hbond substituents is 1. The Bertz CT molecular complexity index is 1190. The Hall–Kier alpha value is -3.50. The highest BCUT2D eigenvalue weighted by Crippen LogP contribution is 2.46. The minimum absolute atomic E-state index is 0.159. The van der Waals surface area contributed by atoms with Crippen LogP contribution >= 0.6 is 23.2 Å². The summed E-state index contributed by atoms with van der Waals surface area (Å²) in [5, 5.41) is 37.3. The lowest BCUT2D eigenvalue weighted by molar-refractivity contribution is -0.396. The lowest BCUT2D eigenvalue weighted by atomic mass is 9.73. The molecule has 2 aromatic rings. The number of hydrazone groups is 1. The van der Waals surface area contributed by atoms with Crippen molar-refractivity contribution >= 4 is 51.8 Å². The van der Waals surface area contributed by atoms with Gasteiger partial charge in [0.05, 0.1) is 21.5 Å². The van der Waals surface area contributed by atoms with Gasteiger partial charge in [-0.25, -0.2) is 5.43 Å². The van der Waals surface area contributed by atoms with Gasteiger partial charge in [0.15, 0.2) is 0 Å². The summed E-state index contributed by atoms with van der Waals surface area (Å²) in [5.74, 6) is -2.49. The Balaban J connectivity index is 1.87. The number of hydrogen-bond donors (Lipinski definition) is 2. The smallest absolute Gasteiger partial charge is 0.318 e. The number of allylic oxidation sites excluding steroid dienone is 2. The summed E-state index contributed by atoms with van der Waals surface area (Å²) in [6, 6.07) is 6.96. The highest BCUT2D eigenvalue weighted by atomic mass is 35.5. The van der Waals surface area contributed by atoms with Gasteiger partial charge >= 0.3 is 11.4 Å². The van der Waals surface area contributed by atoms with E-state index < -0.39 is 38.8 Å². The van der Waals surface area contributed by atoms with E-state index in [9.17, 15) is 30.1 Å². The first kappa shape index (κ1) is 20.8. The second-order valence-corrected chi connectivity index (χ2v) is 7.86. The number of hydrogen-bond acceptors (Lipinski definition) is 7. The number of rotatable bonds is 4. The number of carbonyl (C=O) groups excluding carboxylic acids is 1. The summed E-state index contributed by atoms with van der Waals surface area (Å²) in [6.07, 6.45) is 1.75. The van der Waals surface area contributed by atoms with Crippen molar-refractivity contribution in [3.8, 4) is 5.75 Å². The maximum Gasteiger partial charge on any atom is 0.318 e. The zero-order valence-electron chi connectivity index (χ0n) is 15.4. The SMILES string of the molecule is O=C1NN=C2C=C(c3cc([N+](=O)[O-])c(O)c([N+](=O)[O-])c3)CC(c3ccc(Cl)cc3Cl)C12. The van der Waals surface area contributed by atoms with Crippen LogP contribution in [-0.4, -0.2) is 26.6 Å². The van der Waals surface area contributed by atoms with Crippen molar-refractivity contribution in [1.29, 1.82) is 0 Å². The molecule has 1 aliphatic heterocycles. The number of phenols is 1. The Labute approximate surface area is 184 Å². The normalized spacial score (nSPS) is 19.9. The zero-order valence-corrected chi connectivity index (χ0v) is 16.9. The molecule has 10 nitrogen and oxygen atoms in total. The lowest BCUT2D eigenvalue weighted by Gasteiger charge is -2.29.